The predicted octanol–water partition coefficient (Wildman–Crippen LogP) is 2.26. The summed E-state index contributed by atoms with van der Waals surface area (Å²) in [4.78, 5) is 28.3. The minimum absolute atomic E-state index is 0. The van der Waals surface area contributed by atoms with Crippen LogP contribution in [0, 0.1) is 6.92 Å². The van der Waals surface area contributed by atoms with Crippen LogP contribution in [0.2, 0.25) is 0 Å². The van der Waals surface area contributed by atoms with Gasteiger partial charge in [0, 0.05) is 29.2 Å². The number of halogens is 1. The molecule has 0 unspecified atom stereocenters. The van der Waals surface area contributed by atoms with Gasteiger partial charge in [0.2, 0.25) is 5.89 Å². The highest BCUT2D eigenvalue weighted by atomic mass is 35.5. The van der Waals surface area contributed by atoms with Crippen molar-refractivity contribution in [2.24, 2.45) is 5.73 Å². The Kier molecular flexibility index (Phi) is 5.38. The minimum Gasteiger partial charge on any atom is -0.339 e. The van der Waals surface area contributed by atoms with Gasteiger partial charge < -0.3 is 15.2 Å². The highest BCUT2D eigenvalue weighted by Gasteiger charge is 2.36. The van der Waals surface area contributed by atoms with Gasteiger partial charge in [-0.05, 0) is 31.9 Å². The molecule has 1 fully saturated rings. The number of H-pyrrole nitrogens is 1. The van der Waals surface area contributed by atoms with Crippen LogP contribution in [0.4, 0.5) is 0 Å². The van der Waals surface area contributed by atoms with Crippen LogP contribution < -0.4 is 11.3 Å². The third kappa shape index (κ3) is 3.77. The number of aromatic nitrogens is 5. The molecule has 0 spiro atoms. The van der Waals surface area contributed by atoms with E-state index >= 15 is 0 Å². The SMILES string of the molecule is Cc1nc(-c2cccnc2)[nH]c(=O)c1Cc1nc(C2(N)CCCC2)no1.Cl. The monoisotopic (exact) mass is 388 g/mol. The average Bonchev–Trinajstić information content (AvgIpc) is 3.29. The maximum absolute atomic E-state index is 12.5. The third-order valence-electron chi connectivity index (χ3n) is 4.89. The van der Waals surface area contributed by atoms with Gasteiger partial charge in [-0.2, -0.15) is 4.98 Å². The largest absolute Gasteiger partial charge is 0.339 e. The molecule has 142 valence electrons. The predicted molar refractivity (Wildman–Crippen MR) is 102 cm³/mol. The lowest BCUT2D eigenvalue weighted by molar-refractivity contribution is 0.352. The van der Waals surface area contributed by atoms with E-state index in [9.17, 15) is 4.79 Å². The Hall–Kier alpha value is -2.58. The maximum atomic E-state index is 12.5. The summed E-state index contributed by atoms with van der Waals surface area (Å²) in [5, 5.41) is 4.04. The highest BCUT2D eigenvalue weighted by molar-refractivity contribution is 5.85. The Balaban J connectivity index is 0.00000210. The number of rotatable bonds is 4. The number of aryl methyl sites for hydroxylation is 1. The molecule has 8 nitrogen and oxygen atoms in total. The summed E-state index contributed by atoms with van der Waals surface area (Å²) < 4.78 is 5.34. The van der Waals surface area contributed by atoms with Crippen molar-refractivity contribution in [3.8, 4) is 11.4 Å². The van der Waals surface area contributed by atoms with Crippen molar-refractivity contribution in [1.82, 2.24) is 25.1 Å². The van der Waals surface area contributed by atoms with Gasteiger partial charge in [0.1, 0.15) is 5.82 Å². The summed E-state index contributed by atoms with van der Waals surface area (Å²) in [6, 6.07) is 3.64. The summed E-state index contributed by atoms with van der Waals surface area (Å²) in [7, 11) is 0. The van der Waals surface area contributed by atoms with Crippen LogP contribution >= 0.6 is 12.4 Å². The zero-order valence-corrected chi connectivity index (χ0v) is 15.8. The van der Waals surface area contributed by atoms with Crippen LogP contribution in [-0.4, -0.2) is 25.1 Å². The first-order valence-electron chi connectivity index (χ1n) is 8.67. The molecule has 3 heterocycles. The van der Waals surface area contributed by atoms with Gasteiger partial charge in [0.25, 0.3) is 5.56 Å². The van der Waals surface area contributed by atoms with E-state index in [1.165, 1.54) is 0 Å². The second kappa shape index (κ2) is 7.58. The highest BCUT2D eigenvalue weighted by Crippen LogP contribution is 2.34. The van der Waals surface area contributed by atoms with Crippen LogP contribution in [0.25, 0.3) is 11.4 Å². The van der Waals surface area contributed by atoms with E-state index < -0.39 is 5.54 Å². The molecule has 0 aromatic carbocycles. The maximum Gasteiger partial charge on any atom is 0.255 e. The number of aromatic amines is 1. The zero-order chi connectivity index (χ0) is 18.1. The lowest BCUT2D eigenvalue weighted by Gasteiger charge is -2.17. The number of pyridine rings is 1. The van der Waals surface area contributed by atoms with Crippen LogP contribution in [0.15, 0.2) is 33.8 Å². The van der Waals surface area contributed by atoms with Gasteiger partial charge in [-0.25, -0.2) is 4.98 Å². The molecule has 1 saturated carbocycles. The number of nitrogens with zero attached hydrogens (tertiary/aromatic N) is 4. The van der Waals surface area contributed by atoms with Crippen molar-refractivity contribution in [1.29, 1.82) is 0 Å². The first-order valence-corrected chi connectivity index (χ1v) is 8.67. The molecule has 3 aromatic rings. The normalized spacial score (nSPS) is 15.5. The van der Waals surface area contributed by atoms with E-state index in [1.807, 2.05) is 6.07 Å². The first-order chi connectivity index (χ1) is 12.5. The zero-order valence-electron chi connectivity index (χ0n) is 14.9. The molecule has 0 aliphatic heterocycles. The topological polar surface area (TPSA) is 124 Å². The van der Waals surface area contributed by atoms with Crippen molar-refractivity contribution in [2.75, 3.05) is 0 Å². The van der Waals surface area contributed by atoms with E-state index in [1.54, 1.807) is 25.4 Å². The summed E-state index contributed by atoms with van der Waals surface area (Å²) in [5.41, 5.74) is 7.51. The summed E-state index contributed by atoms with van der Waals surface area (Å²) in [5.74, 6) is 1.39. The second-order valence-corrected chi connectivity index (χ2v) is 6.77. The van der Waals surface area contributed by atoms with Gasteiger partial charge in [-0.1, -0.05) is 18.0 Å². The van der Waals surface area contributed by atoms with Gasteiger partial charge >= 0.3 is 0 Å². The lowest BCUT2D eigenvalue weighted by atomic mass is 9.99. The molecule has 3 N–H and O–H groups in total. The van der Waals surface area contributed by atoms with Crippen molar-refractivity contribution in [2.45, 2.75) is 44.6 Å². The first kappa shape index (κ1) is 19.2. The van der Waals surface area contributed by atoms with E-state index in [0.29, 0.717) is 28.8 Å². The Morgan fingerprint density at radius 2 is 2.07 bits per heavy atom. The third-order valence-corrected chi connectivity index (χ3v) is 4.89. The molecule has 0 amide bonds. The van der Waals surface area contributed by atoms with Crippen LogP contribution in [-0.2, 0) is 12.0 Å². The quantitative estimate of drug-likeness (QED) is 0.702. The smallest absolute Gasteiger partial charge is 0.255 e. The molecule has 0 saturated heterocycles. The fraction of sp³-hybridized carbons (Fsp3) is 0.389. The van der Waals surface area contributed by atoms with Crippen molar-refractivity contribution < 1.29 is 4.52 Å². The second-order valence-electron chi connectivity index (χ2n) is 6.77. The molecule has 1 aliphatic rings. The van der Waals surface area contributed by atoms with Crippen LogP contribution in [0.5, 0.6) is 0 Å². The van der Waals surface area contributed by atoms with Crippen LogP contribution in [0.3, 0.4) is 0 Å². The molecular weight excluding hydrogens is 368 g/mol. The van der Waals surface area contributed by atoms with Crippen molar-refractivity contribution in [3.63, 3.8) is 0 Å². The number of hydrogen-bond donors (Lipinski definition) is 2. The Morgan fingerprint density at radius 3 is 2.74 bits per heavy atom. The summed E-state index contributed by atoms with van der Waals surface area (Å²) in [6.07, 6.45) is 7.40. The molecule has 27 heavy (non-hydrogen) atoms. The molecule has 1 aliphatic carbocycles. The number of nitrogens with one attached hydrogen (secondary N) is 1. The van der Waals surface area contributed by atoms with Gasteiger partial charge in [-0.3, -0.25) is 9.78 Å². The molecule has 0 radical (unpaired) electrons. The van der Waals surface area contributed by atoms with E-state index in [0.717, 1.165) is 31.2 Å². The van der Waals surface area contributed by atoms with Crippen LogP contribution in [0.1, 0.15) is 48.7 Å². The van der Waals surface area contributed by atoms with E-state index in [4.69, 9.17) is 10.3 Å². The molecule has 0 atom stereocenters. The molecule has 0 bridgehead atoms. The van der Waals surface area contributed by atoms with Gasteiger partial charge in [0.15, 0.2) is 5.82 Å². The average molecular weight is 389 g/mol. The number of hydrogen-bond acceptors (Lipinski definition) is 7. The standard InChI is InChI=1S/C18H20N6O2.ClH/c1-11-13(16(25)23-15(21-11)12-5-4-8-20-10-12)9-14-22-17(24-26-14)18(19)6-2-3-7-18;/h4-5,8,10H,2-3,6-7,9,19H2,1H3,(H,21,23,25);1H. The summed E-state index contributed by atoms with van der Waals surface area (Å²) in [6.45, 7) is 1.79. The molecule has 3 aromatic heterocycles. The van der Waals surface area contributed by atoms with Crippen molar-refractivity contribution >= 4 is 12.4 Å². The molecule has 9 heteroatoms. The van der Waals surface area contributed by atoms with E-state index in [2.05, 4.69) is 25.1 Å². The minimum atomic E-state index is -0.508. The fourth-order valence-corrected chi connectivity index (χ4v) is 3.37. The van der Waals surface area contributed by atoms with Crippen molar-refractivity contribution in [3.05, 3.63) is 57.9 Å². The Morgan fingerprint density at radius 1 is 1.30 bits per heavy atom. The lowest BCUT2D eigenvalue weighted by Crippen LogP contribution is -2.34. The Labute approximate surface area is 162 Å². The summed E-state index contributed by atoms with van der Waals surface area (Å²) >= 11 is 0. The molecular formula is C18H21ClN6O2. The van der Waals surface area contributed by atoms with E-state index in [-0.39, 0.29) is 24.4 Å². The fourth-order valence-electron chi connectivity index (χ4n) is 3.37. The number of nitrogens with two attached hydrogens (primary N) is 1. The Bertz CT molecular complexity index is 979. The van der Waals surface area contributed by atoms with Gasteiger partial charge in [-0.15, -0.1) is 12.4 Å². The van der Waals surface area contributed by atoms with Gasteiger partial charge in [0.05, 0.1) is 12.0 Å². The molecule has 4 rings (SSSR count).